The van der Waals surface area contributed by atoms with Gasteiger partial charge in [-0.25, -0.2) is 4.98 Å². The van der Waals surface area contributed by atoms with Crippen molar-refractivity contribution in [3.05, 3.63) is 60.4 Å². The Kier molecular flexibility index (Phi) is 3.21. The lowest BCUT2D eigenvalue weighted by Crippen LogP contribution is -2.19. The molecule has 0 bridgehead atoms. The summed E-state index contributed by atoms with van der Waals surface area (Å²) in [6.45, 7) is 2.18. The third-order valence-corrected chi connectivity index (χ3v) is 3.20. The van der Waals surface area contributed by atoms with Gasteiger partial charge in [0.05, 0.1) is 11.0 Å². The minimum Gasteiger partial charge on any atom is -0.325 e. The van der Waals surface area contributed by atoms with Crippen molar-refractivity contribution < 1.29 is 4.79 Å². The third kappa shape index (κ3) is 2.40. The van der Waals surface area contributed by atoms with Crippen molar-refractivity contribution in [2.45, 2.75) is 13.5 Å². The summed E-state index contributed by atoms with van der Waals surface area (Å²) in [6.07, 6.45) is 0. The minimum atomic E-state index is -0.0533. The Bertz CT molecular complexity index is 747. The molecule has 0 atom stereocenters. The first-order valence-electron chi connectivity index (χ1n) is 6.51. The number of aryl methyl sites for hydroxylation is 1. The van der Waals surface area contributed by atoms with E-state index in [4.69, 9.17) is 0 Å². The summed E-state index contributed by atoms with van der Waals surface area (Å²) in [4.78, 5) is 16.6. The molecule has 1 N–H and O–H groups in total. The highest BCUT2D eigenvalue weighted by Gasteiger charge is 2.10. The number of carbonyl (C=O) groups excluding carboxylic acids is 1. The molecule has 4 nitrogen and oxygen atoms in total. The van der Waals surface area contributed by atoms with Gasteiger partial charge in [-0.1, -0.05) is 30.3 Å². The zero-order valence-corrected chi connectivity index (χ0v) is 11.2. The molecule has 0 spiro atoms. The number of imidazole rings is 1. The molecule has 20 heavy (non-hydrogen) atoms. The predicted molar refractivity (Wildman–Crippen MR) is 79.5 cm³/mol. The Morgan fingerprint density at radius 1 is 1.10 bits per heavy atom. The van der Waals surface area contributed by atoms with E-state index in [0.29, 0.717) is 0 Å². The van der Waals surface area contributed by atoms with E-state index in [1.807, 2.05) is 66.1 Å². The van der Waals surface area contributed by atoms with Crippen molar-refractivity contribution >= 4 is 22.6 Å². The largest absolute Gasteiger partial charge is 0.325 e. The van der Waals surface area contributed by atoms with E-state index in [9.17, 15) is 4.79 Å². The average Bonchev–Trinajstić information content (AvgIpc) is 2.76. The maximum absolute atomic E-state index is 12.1. The number of amides is 1. The number of nitrogens with one attached hydrogen (secondary N) is 1. The molecule has 0 saturated heterocycles. The number of hydrogen-bond donors (Lipinski definition) is 1. The van der Waals surface area contributed by atoms with Gasteiger partial charge in [-0.3, -0.25) is 4.79 Å². The number of hydrogen-bond acceptors (Lipinski definition) is 2. The second-order valence-corrected chi connectivity index (χ2v) is 4.65. The number of carbonyl (C=O) groups is 1. The van der Waals surface area contributed by atoms with Crippen LogP contribution in [-0.2, 0) is 11.3 Å². The van der Waals surface area contributed by atoms with Crippen LogP contribution in [0.4, 0.5) is 5.69 Å². The van der Waals surface area contributed by atoms with Crippen molar-refractivity contribution in [1.82, 2.24) is 9.55 Å². The van der Waals surface area contributed by atoms with Crippen LogP contribution in [0.5, 0.6) is 0 Å². The molecule has 0 aliphatic carbocycles. The summed E-state index contributed by atoms with van der Waals surface area (Å²) in [6, 6.07) is 17.3. The van der Waals surface area contributed by atoms with Crippen LogP contribution in [0.2, 0.25) is 0 Å². The summed E-state index contributed by atoms with van der Waals surface area (Å²) in [5.74, 6) is 0.789. The molecule has 0 unspecified atom stereocenters. The van der Waals surface area contributed by atoms with Crippen LogP contribution >= 0.6 is 0 Å². The van der Waals surface area contributed by atoms with Crippen LogP contribution < -0.4 is 5.32 Å². The topological polar surface area (TPSA) is 46.9 Å². The molecule has 0 aliphatic rings. The minimum absolute atomic E-state index is 0.0533. The molecule has 2 aromatic carbocycles. The van der Waals surface area contributed by atoms with E-state index in [-0.39, 0.29) is 12.5 Å². The number of nitrogens with zero attached hydrogens (tertiary/aromatic N) is 2. The summed E-state index contributed by atoms with van der Waals surface area (Å²) >= 11 is 0. The van der Waals surface area contributed by atoms with Crippen molar-refractivity contribution in [3.63, 3.8) is 0 Å². The lowest BCUT2D eigenvalue weighted by atomic mass is 10.3. The Morgan fingerprint density at radius 2 is 1.80 bits per heavy atom. The van der Waals surface area contributed by atoms with Crippen LogP contribution in [0.25, 0.3) is 11.0 Å². The molecular formula is C16H15N3O. The fraction of sp³-hybridized carbons (Fsp3) is 0.125. The number of para-hydroxylation sites is 3. The molecule has 1 heterocycles. The van der Waals surface area contributed by atoms with Crippen LogP contribution in [0.1, 0.15) is 5.82 Å². The lowest BCUT2D eigenvalue weighted by Gasteiger charge is -2.08. The SMILES string of the molecule is Cc1nc2ccccc2n1CC(=O)Nc1ccccc1. The molecule has 1 aromatic heterocycles. The molecule has 4 heteroatoms. The first kappa shape index (κ1) is 12.4. The quantitative estimate of drug-likeness (QED) is 0.791. The number of aromatic nitrogens is 2. The Balaban J connectivity index is 1.83. The van der Waals surface area contributed by atoms with Crippen LogP contribution in [0, 0.1) is 6.92 Å². The first-order valence-corrected chi connectivity index (χ1v) is 6.51. The van der Waals surface area contributed by atoms with Gasteiger partial charge < -0.3 is 9.88 Å². The van der Waals surface area contributed by atoms with Crippen LogP contribution in [0.15, 0.2) is 54.6 Å². The van der Waals surface area contributed by atoms with Gasteiger partial charge in [-0.05, 0) is 31.2 Å². The molecule has 0 radical (unpaired) electrons. The van der Waals surface area contributed by atoms with Gasteiger partial charge in [0.15, 0.2) is 0 Å². The smallest absolute Gasteiger partial charge is 0.244 e. The van der Waals surface area contributed by atoms with Crippen molar-refractivity contribution in [3.8, 4) is 0 Å². The van der Waals surface area contributed by atoms with Crippen molar-refractivity contribution in [2.75, 3.05) is 5.32 Å². The van der Waals surface area contributed by atoms with Crippen LogP contribution in [0.3, 0.4) is 0 Å². The number of anilines is 1. The summed E-state index contributed by atoms with van der Waals surface area (Å²) in [5, 5.41) is 2.88. The van der Waals surface area contributed by atoms with E-state index >= 15 is 0 Å². The molecule has 3 rings (SSSR count). The van der Waals surface area contributed by atoms with Gasteiger partial charge in [0, 0.05) is 5.69 Å². The molecule has 1 amide bonds. The summed E-state index contributed by atoms with van der Waals surface area (Å²) < 4.78 is 1.92. The molecule has 0 saturated carbocycles. The van der Waals surface area contributed by atoms with E-state index < -0.39 is 0 Å². The monoisotopic (exact) mass is 265 g/mol. The lowest BCUT2D eigenvalue weighted by molar-refractivity contribution is -0.116. The van der Waals surface area contributed by atoms with Crippen molar-refractivity contribution in [2.24, 2.45) is 0 Å². The molecule has 0 aliphatic heterocycles. The van der Waals surface area contributed by atoms with E-state index in [2.05, 4.69) is 10.3 Å². The summed E-state index contributed by atoms with van der Waals surface area (Å²) in [5.41, 5.74) is 2.70. The van der Waals surface area contributed by atoms with Crippen molar-refractivity contribution in [1.29, 1.82) is 0 Å². The second-order valence-electron chi connectivity index (χ2n) is 4.65. The normalized spacial score (nSPS) is 10.7. The fourth-order valence-electron chi connectivity index (χ4n) is 2.26. The Labute approximate surface area is 117 Å². The number of benzene rings is 2. The zero-order valence-electron chi connectivity index (χ0n) is 11.2. The Morgan fingerprint density at radius 3 is 2.60 bits per heavy atom. The molecule has 3 aromatic rings. The van der Waals surface area contributed by atoms with Gasteiger partial charge >= 0.3 is 0 Å². The fourth-order valence-corrected chi connectivity index (χ4v) is 2.26. The molecule has 0 fully saturated rings. The molecule has 100 valence electrons. The standard InChI is InChI=1S/C16H15N3O/c1-12-17-14-9-5-6-10-15(14)19(12)11-16(20)18-13-7-3-2-4-8-13/h2-10H,11H2,1H3,(H,18,20). The Hall–Kier alpha value is -2.62. The highest BCUT2D eigenvalue weighted by atomic mass is 16.1. The van der Waals surface area contributed by atoms with Gasteiger partial charge in [0.25, 0.3) is 0 Å². The number of rotatable bonds is 3. The maximum Gasteiger partial charge on any atom is 0.244 e. The highest BCUT2D eigenvalue weighted by molar-refractivity contribution is 5.91. The maximum atomic E-state index is 12.1. The zero-order chi connectivity index (χ0) is 13.9. The average molecular weight is 265 g/mol. The molecular weight excluding hydrogens is 250 g/mol. The second kappa shape index (κ2) is 5.17. The van der Waals surface area contributed by atoms with E-state index in [1.54, 1.807) is 0 Å². The van der Waals surface area contributed by atoms with Crippen LogP contribution in [-0.4, -0.2) is 15.5 Å². The van der Waals surface area contributed by atoms with Gasteiger partial charge in [-0.15, -0.1) is 0 Å². The first-order chi connectivity index (χ1) is 9.74. The van der Waals surface area contributed by atoms with E-state index in [1.165, 1.54) is 0 Å². The van der Waals surface area contributed by atoms with E-state index in [0.717, 1.165) is 22.5 Å². The summed E-state index contributed by atoms with van der Waals surface area (Å²) in [7, 11) is 0. The van der Waals surface area contributed by atoms with Gasteiger partial charge in [0.1, 0.15) is 12.4 Å². The van der Waals surface area contributed by atoms with Gasteiger partial charge in [-0.2, -0.15) is 0 Å². The highest BCUT2D eigenvalue weighted by Crippen LogP contribution is 2.15. The van der Waals surface area contributed by atoms with Gasteiger partial charge in [0.2, 0.25) is 5.91 Å². The number of fused-ring (bicyclic) bond motifs is 1. The predicted octanol–water partition coefficient (Wildman–Crippen LogP) is 2.98. The third-order valence-electron chi connectivity index (χ3n) is 3.20.